The summed E-state index contributed by atoms with van der Waals surface area (Å²) < 4.78 is 42.4. The highest BCUT2D eigenvalue weighted by molar-refractivity contribution is 5.76. The van der Waals surface area contributed by atoms with Crippen LogP contribution in [0.4, 0.5) is 30.5 Å². The van der Waals surface area contributed by atoms with E-state index in [1.165, 1.54) is 24.5 Å². The van der Waals surface area contributed by atoms with Gasteiger partial charge in [-0.2, -0.15) is 8.78 Å². The molecule has 148 valence electrons. The van der Waals surface area contributed by atoms with E-state index < -0.39 is 6.61 Å². The Morgan fingerprint density at radius 1 is 1.07 bits per heavy atom. The topological polar surface area (TPSA) is 44.7 Å². The molecular formula is C19H20F3N5O. The number of fused-ring (bicyclic) bond motifs is 1. The van der Waals surface area contributed by atoms with Crippen LogP contribution >= 0.6 is 0 Å². The van der Waals surface area contributed by atoms with Gasteiger partial charge in [0.2, 0.25) is 5.95 Å². The van der Waals surface area contributed by atoms with Gasteiger partial charge in [-0.3, -0.25) is 0 Å². The number of alkyl halides is 2. The van der Waals surface area contributed by atoms with Gasteiger partial charge in [-0.15, -0.1) is 0 Å². The molecule has 0 atom stereocenters. The molecule has 2 aromatic rings. The lowest BCUT2D eigenvalue weighted by Gasteiger charge is -2.41. The van der Waals surface area contributed by atoms with Crippen LogP contribution in [0, 0.1) is 5.82 Å². The molecule has 0 bridgehead atoms. The second kappa shape index (κ2) is 7.57. The lowest BCUT2D eigenvalue weighted by molar-refractivity contribution is -0.0503. The van der Waals surface area contributed by atoms with Gasteiger partial charge in [0, 0.05) is 38.6 Å². The summed E-state index contributed by atoms with van der Waals surface area (Å²) in [6, 6.07) is 5.09. The largest absolute Gasteiger partial charge is 0.432 e. The molecule has 9 heteroatoms. The maximum absolute atomic E-state index is 13.6. The van der Waals surface area contributed by atoms with Crippen molar-refractivity contribution in [1.82, 2.24) is 9.97 Å². The van der Waals surface area contributed by atoms with Crippen molar-refractivity contribution in [2.24, 2.45) is 0 Å². The zero-order chi connectivity index (χ0) is 19.7. The van der Waals surface area contributed by atoms with Crippen molar-refractivity contribution in [3.05, 3.63) is 48.8 Å². The van der Waals surface area contributed by atoms with E-state index in [0.717, 1.165) is 37.3 Å². The Kier molecular flexibility index (Phi) is 4.97. The molecule has 6 nitrogen and oxygen atoms in total. The number of benzene rings is 1. The first-order valence-corrected chi connectivity index (χ1v) is 9.02. The quantitative estimate of drug-likeness (QED) is 0.794. The van der Waals surface area contributed by atoms with E-state index in [-0.39, 0.29) is 17.6 Å². The third kappa shape index (κ3) is 3.69. The van der Waals surface area contributed by atoms with E-state index >= 15 is 0 Å². The number of piperidine rings is 1. The summed E-state index contributed by atoms with van der Waals surface area (Å²) in [6.45, 7) is -1.43. The Balaban J connectivity index is 1.43. The molecule has 1 saturated heterocycles. The van der Waals surface area contributed by atoms with Crippen molar-refractivity contribution in [2.75, 3.05) is 34.8 Å². The molecule has 0 saturated carbocycles. The van der Waals surface area contributed by atoms with Gasteiger partial charge >= 0.3 is 6.61 Å². The molecule has 1 aromatic carbocycles. The Labute approximate surface area is 160 Å². The molecule has 0 amide bonds. The third-order valence-corrected chi connectivity index (χ3v) is 5.03. The first-order chi connectivity index (χ1) is 13.5. The van der Waals surface area contributed by atoms with Gasteiger partial charge in [0.1, 0.15) is 5.82 Å². The van der Waals surface area contributed by atoms with Crippen LogP contribution in [-0.4, -0.2) is 42.8 Å². The van der Waals surface area contributed by atoms with Crippen LogP contribution in [0.3, 0.4) is 0 Å². The molecule has 0 spiro atoms. The summed E-state index contributed by atoms with van der Waals surface area (Å²) in [5.74, 6) is 0.184. The number of rotatable bonds is 4. The summed E-state index contributed by atoms with van der Waals surface area (Å²) in [7, 11) is 1.90. The Morgan fingerprint density at radius 3 is 2.46 bits per heavy atom. The minimum absolute atomic E-state index is 0.0555. The molecular weight excluding hydrogens is 371 g/mol. The number of ether oxygens (including phenoxy) is 1. The van der Waals surface area contributed by atoms with Crippen molar-refractivity contribution in [2.45, 2.75) is 25.5 Å². The van der Waals surface area contributed by atoms with Gasteiger partial charge < -0.3 is 19.4 Å². The van der Waals surface area contributed by atoms with E-state index in [2.05, 4.69) is 19.6 Å². The molecule has 2 aliphatic rings. The summed E-state index contributed by atoms with van der Waals surface area (Å²) >= 11 is 0. The standard InChI is InChI=1S/C19H20F3N5O/c1-25-8-9-27(16-3-2-13(20)10-17(16)25)14-4-6-26(7-5-14)19-23-11-15(12-24-19)28-18(21)22/h2-3,8-12,14,18H,4-7H2,1H3. The SMILES string of the molecule is CN1C=CN(C2CCN(c3ncc(OC(F)F)cn3)CC2)c2ccc(F)cc21. The normalized spacial score (nSPS) is 17.2. The maximum atomic E-state index is 13.6. The smallest absolute Gasteiger partial charge is 0.387 e. The fraction of sp³-hybridized carbons (Fsp3) is 0.368. The number of hydrogen-bond acceptors (Lipinski definition) is 6. The second-order valence-corrected chi connectivity index (χ2v) is 6.76. The van der Waals surface area contributed by atoms with Crippen molar-refractivity contribution in [3.8, 4) is 5.75 Å². The molecule has 1 aromatic heterocycles. The van der Waals surface area contributed by atoms with E-state index in [0.29, 0.717) is 5.95 Å². The van der Waals surface area contributed by atoms with E-state index in [1.54, 1.807) is 0 Å². The molecule has 1 fully saturated rings. The van der Waals surface area contributed by atoms with Crippen molar-refractivity contribution >= 4 is 17.3 Å². The van der Waals surface area contributed by atoms with E-state index in [1.807, 2.05) is 35.3 Å². The van der Waals surface area contributed by atoms with Crippen LogP contribution in [0.2, 0.25) is 0 Å². The lowest BCUT2D eigenvalue weighted by Crippen LogP contribution is -2.44. The van der Waals surface area contributed by atoms with Crippen LogP contribution in [-0.2, 0) is 0 Å². The van der Waals surface area contributed by atoms with Crippen molar-refractivity contribution in [3.63, 3.8) is 0 Å². The van der Waals surface area contributed by atoms with Crippen LogP contribution < -0.4 is 19.4 Å². The number of nitrogens with zero attached hydrogens (tertiary/aromatic N) is 5. The number of anilines is 3. The highest BCUT2D eigenvalue weighted by Crippen LogP contribution is 2.36. The summed E-state index contributed by atoms with van der Waals surface area (Å²) in [5.41, 5.74) is 1.82. The lowest BCUT2D eigenvalue weighted by atomic mass is 10.0. The first-order valence-electron chi connectivity index (χ1n) is 9.02. The van der Waals surface area contributed by atoms with Crippen LogP contribution in [0.15, 0.2) is 43.0 Å². The van der Waals surface area contributed by atoms with Gasteiger partial charge in [0.15, 0.2) is 5.75 Å². The van der Waals surface area contributed by atoms with Gasteiger partial charge in [-0.1, -0.05) is 0 Å². The second-order valence-electron chi connectivity index (χ2n) is 6.76. The van der Waals surface area contributed by atoms with Crippen molar-refractivity contribution in [1.29, 1.82) is 0 Å². The average molecular weight is 391 g/mol. The summed E-state index contributed by atoms with van der Waals surface area (Å²) in [5, 5.41) is 0. The minimum atomic E-state index is -2.89. The zero-order valence-corrected chi connectivity index (χ0v) is 15.3. The molecule has 3 heterocycles. The van der Waals surface area contributed by atoms with Crippen LogP contribution in [0.25, 0.3) is 0 Å². The van der Waals surface area contributed by atoms with Crippen LogP contribution in [0.5, 0.6) is 5.75 Å². The highest BCUT2D eigenvalue weighted by Gasteiger charge is 2.28. The Bertz CT molecular complexity index is 853. The first kappa shape index (κ1) is 18.4. The predicted molar refractivity (Wildman–Crippen MR) is 100 cm³/mol. The van der Waals surface area contributed by atoms with Gasteiger partial charge in [-0.05, 0) is 31.0 Å². The number of halogens is 3. The zero-order valence-electron chi connectivity index (χ0n) is 15.3. The van der Waals surface area contributed by atoms with Gasteiger partial charge in [0.25, 0.3) is 0 Å². The molecule has 0 N–H and O–H groups in total. The molecule has 0 radical (unpaired) electrons. The molecule has 4 rings (SSSR count). The number of hydrogen-bond donors (Lipinski definition) is 0. The van der Waals surface area contributed by atoms with Crippen molar-refractivity contribution < 1.29 is 17.9 Å². The predicted octanol–water partition coefficient (Wildman–Crippen LogP) is 3.61. The van der Waals surface area contributed by atoms with E-state index in [9.17, 15) is 13.2 Å². The molecule has 2 aliphatic heterocycles. The Morgan fingerprint density at radius 2 is 1.79 bits per heavy atom. The fourth-order valence-corrected chi connectivity index (χ4v) is 3.63. The highest BCUT2D eigenvalue weighted by atomic mass is 19.3. The average Bonchev–Trinajstić information content (AvgIpc) is 2.69. The maximum Gasteiger partial charge on any atom is 0.387 e. The number of aromatic nitrogens is 2. The summed E-state index contributed by atoms with van der Waals surface area (Å²) in [4.78, 5) is 14.4. The Hall–Kier alpha value is -2.97. The molecule has 0 unspecified atom stereocenters. The monoisotopic (exact) mass is 391 g/mol. The van der Waals surface area contributed by atoms with Crippen LogP contribution in [0.1, 0.15) is 12.8 Å². The minimum Gasteiger partial charge on any atom is -0.432 e. The molecule has 28 heavy (non-hydrogen) atoms. The molecule has 0 aliphatic carbocycles. The van der Waals surface area contributed by atoms with Gasteiger partial charge in [0.05, 0.1) is 23.8 Å². The summed E-state index contributed by atoms with van der Waals surface area (Å²) in [6.07, 6.45) is 8.20. The fourth-order valence-electron chi connectivity index (χ4n) is 3.63. The van der Waals surface area contributed by atoms with E-state index in [4.69, 9.17) is 0 Å². The third-order valence-electron chi connectivity index (χ3n) is 5.03. The van der Waals surface area contributed by atoms with Gasteiger partial charge in [-0.25, -0.2) is 14.4 Å².